The summed E-state index contributed by atoms with van der Waals surface area (Å²) < 4.78 is 5.33. The number of halogens is 2. The number of ether oxygens (including phenoxy) is 1. The van der Waals surface area contributed by atoms with Crippen molar-refractivity contribution in [3.63, 3.8) is 0 Å². The van der Waals surface area contributed by atoms with Gasteiger partial charge in [-0.1, -0.05) is 35.3 Å². The summed E-state index contributed by atoms with van der Waals surface area (Å²) in [5.41, 5.74) is 3.25. The Morgan fingerprint density at radius 2 is 1.56 bits per heavy atom. The largest absolute Gasteiger partial charge is 0.393 e. The van der Waals surface area contributed by atoms with Crippen LogP contribution in [0.4, 0.5) is 0 Å². The zero-order valence-electron chi connectivity index (χ0n) is 20.3. The molecule has 5 rings (SSSR count). The van der Waals surface area contributed by atoms with E-state index in [1.165, 1.54) is 0 Å². The fourth-order valence-corrected chi connectivity index (χ4v) is 6.29. The summed E-state index contributed by atoms with van der Waals surface area (Å²) in [5, 5.41) is 10.9. The minimum absolute atomic E-state index is 0.0101. The number of carbonyl (C=O) groups excluding carboxylic acids is 2. The Morgan fingerprint density at radius 3 is 2.19 bits per heavy atom. The highest BCUT2D eigenvalue weighted by Crippen LogP contribution is 2.36. The number of benzene rings is 2. The van der Waals surface area contributed by atoms with Crippen LogP contribution in [0.3, 0.4) is 0 Å². The van der Waals surface area contributed by atoms with E-state index >= 15 is 0 Å². The number of amides is 2. The van der Waals surface area contributed by atoms with E-state index in [4.69, 9.17) is 27.9 Å². The predicted octanol–water partition coefficient (Wildman–Crippen LogP) is 4.83. The summed E-state index contributed by atoms with van der Waals surface area (Å²) in [7, 11) is 0. The number of hydrogen-bond acceptors (Lipinski definition) is 4. The Bertz CT molecular complexity index is 1090. The van der Waals surface area contributed by atoms with Crippen LogP contribution in [0, 0.1) is 5.92 Å². The molecule has 0 bridgehead atoms. The predicted molar refractivity (Wildman–Crippen MR) is 140 cm³/mol. The fourth-order valence-electron chi connectivity index (χ4n) is 5.65. The van der Waals surface area contributed by atoms with Gasteiger partial charge in [0.1, 0.15) is 0 Å². The van der Waals surface area contributed by atoms with Gasteiger partial charge in [0.25, 0.3) is 5.91 Å². The third-order valence-electron chi connectivity index (χ3n) is 7.81. The first kappa shape index (κ1) is 25.5. The second-order valence-corrected chi connectivity index (χ2v) is 10.9. The summed E-state index contributed by atoms with van der Waals surface area (Å²) in [6.45, 7) is 3.12. The average molecular weight is 531 g/mol. The maximum atomic E-state index is 13.1. The van der Waals surface area contributed by atoms with Gasteiger partial charge in [0.05, 0.1) is 19.3 Å². The molecule has 1 aliphatic carbocycles. The van der Waals surface area contributed by atoms with Crippen LogP contribution in [-0.2, 0) is 16.0 Å². The van der Waals surface area contributed by atoms with E-state index < -0.39 is 0 Å². The summed E-state index contributed by atoms with van der Waals surface area (Å²) in [5.74, 6) is 0.0623. The maximum Gasteiger partial charge on any atom is 0.254 e. The Labute approximate surface area is 222 Å². The molecule has 36 heavy (non-hydrogen) atoms. The normalized spacial score (nSPS) is 24.9. The summed E-state index contributed by atoms with van der Waals surface area (Å²) in [6, 6.07) is 11.5. The number of morpholine rings is 1. The van der Waals surface area contributed by atoms with Crippen molar-refractivity contribution in [2.45, 2.75) is 50.7 Å². The van der Waals surface area contributed by atoms with Gasteiger partial charge in [0, 0.05) is 47.2 Å². The molecule has 1 N–H and O–H groups in total. The zero-order valence-corrected chi connectivity index (χ0v) is 21.8. The molecule has 1 saturated carbocycles. The van der Waals surface area contributed by atoms with E-state index in [1.807, 2.05) is 46.2 Å². The van der Waals surface area contributed by atoms with Gasteiger partial charge in [0.2, 0.25) is 5.91 Å². The van der Waals surface area contributed by atoms with E-state index in [0.717, 1.165) is 55.3 Å². The highest BCUT2D eigenvalue weighted by molar-refractivity contribution is 6.36. The van der Waals surface area contributed by atoms with Crippen LogP contribution >= 0.6 is 23.2 Å². The number of likely N-dealkylation sites (tertiary alicyclic amines) is 1. The monoisotopic (exact) mass is 530 g/mol. The van der Waals surface area contributed by atoms with Crippen LogP contribution in [0.25, 0.3) is 11.1 Å². The molecule has 0 aromatic heterocycles. The van der Waals surface area contributed by atoms with Gasteiger partial charge in [-0.2, -0.15) is 0 Å². The lowest BCUT2D eigenvalue weighted by Crippen LogP contribution is -2.41. The molecule has 2 aromatic carbocycles. The minimum atomic E-state index is -0.229. The van der Waals surface area contributed by atoms with Crippen molar-refractivity contribution in [3.05, 3.63) is 57.6 Å². The number of rotatable bonds is 5. The number of hydrogen-bond donors (Lipinski definition) is 1. The number of aliphatic hydroxyl groups excluding tert-OH is 1. The second kappa shape index (κ2) is 11.1. The lowest BCUT2D eigenvalue weighted by atomic mass is 9.92. The van der Waals surface area contributed by atoms with Crippen LogP contribution in [0.5, 0.6) is 0 Å². The van der Waals surface area contributed by atoms with Gasteiger partial charge in [-0.3, -0.25) is 9.59 Å². The van der Waals surface area contributed by atoms with Gasteiger partial charge in [-0.25, -0.2) is 0 Å². The lowest BCUT2D eigenvalue weighted by molar-refractivity contribution is -0.133. The molecule has 3 aliphatic rings. The smallest absolute Gasteiger partial charge is 0.254 e. The molecule has 0 unspecified atom stereocenters. The quantitative estimate of drug-likeness (QED) is 0.601. The van der Waals surface area contributed by atoms with Crippen LogP contribution < -0.4 is 0 Å². The minimum Gasteiger partial charge on any atom is -0.393 e. The number of nitrogens with zero attached hydrogens (tertiary/aromatic N) is 2. The molecule has 2 amide bonds. The molecule has 2 aromatic rings. The Morgan fingerprint density at radius 1 is 0.917 bits per heavy atom. The molecule has 6 nitrogen and oxygen atoms in total. The number of aliphatic hydroxyl groups is 1. The average Bonchev–Trinajstić information content (AvgIpc) is 3.26. The first-order valence-corrected chi connectivity index (χ1v) is 13.6. The van der Waals surface area contributed by atoms with Crippen molar-refractivity contribution in [1.29, 1.82) is 0 Å². The van der Waals surface area contributed by atoms with Gasteiger partial charge < -0.3 is 19.6 Å². The van der Waals surface area contributed by atoms with Crippen molar-refractivity contribution in [1.82, 2.24) is 9.80 Å². The molecule has 1 atom stereocenters. The Balaban J connectivity index is 1.26. The van der Waals surface area contributed by atoms with E-state index in [-0.39, 0.29) is 29.9 Å². The highest BCUT2D eigenvalue weighted by atomic mass is 35.5. The van der Waals surface area contributed by atoms with Crippen molar-refractivity contribution >= 4 is 35.0 Å². The molecule has 8 heteroatoms. The van der Waals surface area contributed by atoms with Crippen molar-refractivity contribution in [3.8, 4) is 11.1 Å². The van der Waals surface area contributed by atoms with Crippen LogP contribution in [-0.4, -0.2) is 71.7 Å². The SMILES string of the molecule is O=C(c1ccc(-c2cc(Cl)c(C[C@@H]3CCN([C@H]4CC[C@@H](O)CC4)C3=O)c(Cl)c2)cc1)N1CCOCC1. The van der Waals surface area contributed by atoms with Gasteiger partial charge in [-0.05, 0) is 79.5 Å². The molecular weight excluding hydrogens is 499 g/mol. The van der Waals surface area contributed by atoms with Crippen LogP contribution in [0.1, 0.15) is 48.0 Å². The van der Waals surface area contributed by atoms with E-state index in [2.05, 4.69) is 0 Å². The molecule has 3 fully saturated rings. The van der Waals surface area contributed by atoms with Crippen molar-refractivity contribution in [2.24, 2.45) is 5.92 Å². The summed E-state index contributed by atoms with van der Waals surface area (Å²) >= 11 is 13.4. The molecular formula is C28H32Cl2N2O4. The number of carbonyl (C=O) groups is 2. The molecule has 2 saturated heterocycles. The van der Waals surface area contributed by atoms with Crippen LogP contribution in [0.2, 0.25) is 10.0 Å². The molecule has 192 valence electrons. The van der Waals surface area contributed by atoms with Gasteiger partial charge in [0.15, 0.2) is 0 Å². The third-order valence-corrected chi connectivity index (χ3v) is 8.49. The topological polar surface area (TPSA) is 70.1 Å². The first-order valence-electron chi connectivity index (χ1n) is 12.8. The van der Waals surface area contributed by atoms with Gasteiger partial charge in [-0.15, -0.1) is 0 Å². The van der Waals surface area contributed by atoms with E-state index in [9.17, 15) is 14.7 Å². The first-order chi connectivity index (χ1) is 17.4. The van der Waals surface area contributed by atoms with Crippen molar-refractivity contribution in [2.75, 3.05) is 32.8 Å². The molecule has 2 aliphatic heterocycles. The fraction of sp³-hybridized carbons (Fsp3) is 0.500. The molecule has 0 radical (unpaired) electrons. The van der Waals surface area contributed by atoms with E-state index in [1.54, 1.807) is 0 Å². The third kappa shape index (κ3) is 5.42. The lowest BCUT2D eigenvalue weighted by Gasteiger charge is -2.33. The Kier molecular flexibility index (Phi) is 7.87. The highest BCUT2D eigenvalue weighted by Gasteiger charge is 2.37. The zero-order chi connectivity index (χ0) is 25.2. The van der Waals surface area contributed by atoms with Crippen molar-refractivity contribution < 1.29 is 19.4 Å². The molecule has 0 spiro atoms. The maximum absolute atomic E-state index is 13.1. The summed E-state index contributed by atoms with van der Waals surface area (Å²) in [4.78, 5) is 29.7. The van der Waals surface area contributed by atoms with Crippen LogP contribution in [0.15, 0.2) is 36.4 Å². The van der Waals surface area contributed by atoms with Gasteiger partial charge >= 0.3 is 0 Å². The Hall–Kier alpha value is -2.12. The second-order valence-electron chi connectivity index (χ2n) is 10.1. The standard InChI is InChI=1S/C28H32Cl2N2O4/c29-25-16-21(18-1-3-19(4-2-18)27(34)31-11-13-36-14-12-31)17-26(30)24(25)15-20-9-10-32(28(20)35)22-5-7-23(33)8-6-22/h1-4,16-17,20,22-23,33H,5-15H2/t20-,22-,23+/m0/s1. The molecule has 2 heterocycles. The summed E-state index contributed by atoms with van der Waals surface area (Å²) in [6.07, 6.45) is 4.36. The van der Waals surface area contributed by atoms with E-state index in [0.29, 0.717) is 48.3 Å².